The molecule has 0 spiro atoms. The van der Waals surface area contributed by atoms with Gasteiger partial charge in [0, 0.05) is 30.8 Å². The first kappa shape index (κ1) is 12.9. The van der Waals surface area contributed by atoms with Crippen LogP contribution in [0.1, 0.15) is 38.7 Å². The van der Waals surface area contributed by atoms with Crippen molar-refractivity contribution in [3.63, 3.8) is 0 Å². The summed E-state index contributed by atoms with van der Waals surface area (Å²) < 4.78 is 0. The lowest BCUT2D eigenvalue weighted by Crippen LogP contribution is -2.36. The molecule has 0 aromatic heterocycles. The molecule has 1 aliphatic rings. The summed E-state index contributed by atoms with van der Waals surface area (Å²) >= 11 is 0. The summed E-state index contributed by atoms with van der Waals surface area (Å²) in [6, 6.07) is 8.23. The van der Waals surface area contributed by atoms with Crippen molar-refractivity contribution < 1.29 is 5.21 Å². The highest BCUT2D eigenvalue weighted by atomic mass is 16.4. The highest BCUT2D eigenvalue weighted by Crippen LogP contribution is 2.28. The van der Waals surface area contributed by atoms with E-state index < -0.39 is 0 Å². The predicted molar refractivity (Wildman–Crippen MR) is 75.7 cm³/mol. The maximum absolute atomic E-state index is 9.07. The highest BCUT2D eigenvalue weighted by Gasteiger charge is 2.22. The lowest BCUT2D eigenvalue weighted by atomic mass is 9.96. The molecule has 3 heteroatoms. The van der Waals surface area contributed by atoms with Crippen LogP contribution in [0.15, 0.2) is 29.4 Å². The average molecular weight is 246 g/mol. The lowest BCUT2D eigenvalue weighted by molar-refractivity contribution is 0.317. The van der Waals surface area contributed by atoms with Gasteiger partial charge in [-0.25, -0.2) is 0 Å². The molecule has 18 heavy (non-hydrogen) atoms. The summed E-state index contributed by atoms with van der Waals surface area (Å²) in [4.78, 5) is 2.43. The van der Waals surface area contributed by atoms with Crippen LogP contribution < -0.4 is 4.90 Å². The molecule has 1 N–H and O–H groups in total. The normalized spacial score (nSPS) is 17.3. The molecule has 1 aromatic rings. The standard InChI is InChI=1S/C15H22N2O/c1-3-12(4-2)11-17-10-9-14(16-18)13-7-5-6-8-15(13)17/h5-8,12,18H,3-4,9-11H2,1-2H3/b16-14-. The fraction of sp³-hybridized carbons (Fsp3) is 0.533. The second kappa shape index (κ2) is 5.89. The summed E-state index contributed by atoms with van der Waals surface area (Å²) in [6.45, 7) is 6.56. The van der Waals surface area contributed by atoms with E-state index >= 15 is 0 Å². The number of hydrogen-bond donors (Lipinski definition) is 1. The number of nitrogens with zero attached hydrogens (tertiary/aromatic N) is 2. The number of oxime groups is 1. The second-order valence-corrected chi connectivity index (χ2v) is 4.94. The number of anilines is 1. The first-order valence-electron chi connectivity index (χ1n) is 6.85. The van der Waals surface area contributed by atoms with E-state index in [2.05, 4.69) is 36.0 Å². The summed E-state index contributed by atoms with van der Waals surface area (Å²) in [7, 11) is 0. The summed E-state index contributed by atoms with van der Waals surface area (Å²) in [5, 5.41) is 12.5. The van der Waals surface area contributed by atoms with Crippen LogP contribution in [0, 0.1) is 5.92 Å². The van der Waals surface area contributed by atoms with Gasteiger partial charge in [0.05, 0.1) is 5.71 Å². The van der Waals surface area contributed by atoms with E-state index in [1.54, 1.807) is 0 Å². The minimum atomic E-state index is 0.741. The van der Waals surface area contributed by atoms with Crippen LogP contribution in [0.3, 0.4) is 0 Å². The van der Waals surface area contributed by atoms with Gasteiger partial charge in [-0.1, -0.05) is 50.0 Å². The number of fused-ring (bicyclic) bond motifs is 1. The lowest BCUT2D eigenvalue weighted by Gasteiger charge is -2.34. The molecule has 0 aliphatic carbocycles. The zero-order chi connectivity index (χ0) is 13.0. The minimum Gasteiger partial charge on any atom is -0.411 e. The van der Waals surface area contributed by atoms with Crippen molar-refractivity contribution in [2.75, 3.05) is 18.0 Å². The molecule has 98 valence electrons. The van der Waals surface area contributed by atoms with Crippen LogP contribution >= 0.6 is 0 Å². The van der Waals surface area contributed by atoms with E-state index in [0.717, 1.165) is 36.7 Å². The molecule has 2 rings (SSSR count). The number of hydrogen-bond acceptors (Lipinski definition) is 3. The first-order chi connectivity index (χ1) is 8.80. The molecule has 1 aliphatic heterocycles. The molecule has 0 atom stereocenters. The Hall–Kier alpha value is -1.51. The molecular weight excluding hydrogens is 224 g/mol. The minimum absolute atomic E-state index is 0.741. The van der Waals surface area contributed by atoms with Gasteiger partial charge in [-0.15, -0.1) is 0 Å². The summed E-state index contributed by atoms with van der Waals surface area (Å²) in [5.74, 6) is 0.741. The third-order valence-electron chi connectivity index (χ3n) is 3.93. The zero-order valence-electron chi connectivity index (χ0n) is 11.3. The van der Waals surface area contributed by atoms with Crippen LogP contribution in [0.4, 0.5) is 5.69 Å². The van der Waals surface area contributed by atoms with Crippen LogP contribution in [0.25, 0.3) is 0 Å². The second-order valence-electron chi connectivity index (χ2n) is 4.94. The van der Waals surface area contributed by atoms with E-state index in [0.29, 0.717) is 0 Å². The highest BCUT2D eigenvalue weighted by molar-refractivity contribution is 6.06. The van der Waals surface area contributed by atoms with Crippen LogP contribution in [0.5, 0.6) is 0 Å². The Morgan fingerprint density at radius 1 is 1.28 bits per heavy atom. The summed E-state index contributed by atoms with van der Waals surface area (Å²) in [6.07, 6.45) is 3.26. The van der Waals surface area contributed by atoms with Gasteiger partial charge in [-0.05, 0) is 12.0 Å². The van der Waals surface area contributed by atoms with E-state index in [1.807, 2.05) is 12.1 Å². The van der Waals surface area contributed by atoms with Gasteiger partial charge in [0.2, 0.25) is 0 Å². The fourth-order valence-corrected chi connectivity index (χ4v) is 2.64. The Labute approximate surface area is 109 Å². The van der Waals surface area contributed by atoms with Gasteiger partial charge < -0.3 is 10.1 Å². The van der Waals surface area contributed by atoms with Crippen LogP contribution in [0.2, 0.25) is 0 Å². The molecule has 0 unspecified atom stereocenters. The average Bonchev–Trinajstić information content (AvgIpc) is 2.44. The third kappa shape index (κ3) is 2.50. The van der Waals surface area contributed by atoms with Gasteiger partial charge in [0.1, 0.15) is 0 Å². The maximum atomic E-state index is 9.07. The van der Waals surface area contributed by atoms with Crippen molar-refractivity contribution in [2.24, 2.45) is 11.1 Å². The Morgan fingerprint density at radius 3 is 2.67 bits per heavy atom. The van der Waals surface area contributed by atoms with Gasteiger partial charge in [-0.2, -0.15) is 0 Å². The molecule has 0 fully saturated rings. The number of para-hydroxylation sites is 1. The molecular formula is C15H22N2O. The number of rotatable bonds is 4. The molecule has 1 heterocycles. The molecule has 0 bridgehead atoms. The molecule has 0 saturated carbocycles. The Morgan fingerprint density at radius 2 is 2.00 bits per heavy atom. The molecule has 0 radical (unpaired) electrons. The molecule has 3 nitrogen and oxygen atoms in total. The maximum Gasteiger partial charge on any atom is 0.0906 e. The first-order valence-corrected chi connectivity index (χ1v) is 6.85. The van der Waals surface area contributed by atoms with Crippen molar-refractivity contribution in [3.05, 3.63) is 29.8 Å². The smallest absolute Gasteiger partial charge is 0.0906 e. The molecule has 0 saturated heterocycles. The van der Waals surface area contributed by atoms with Crippen LogP contribution in [-0.2, 0) is 0 Å². The monoisotopic (exact) mass is 246 g/mol. The molecule has 0 amide bonds. The quantitative estimate of drug-likeness (QED) is 0.652. The molecule has 1 aromatic carbocycles. The van der Waals surface area contributed by atoms with E-state index in [4.69, 9.17) is 5.21 Å². The van der Waals surface area contributed by atoms with Crippen LogP contribution in [-0.4, -0.2) is 24.0 Å². The SMILES string of the molecule is CCC(CC)CN1CC/C(=N/O)c2ccccc21. The Balaban J connectivity index is 2.25. The van der Waals surface area contributed by atoms with Crippen molar-refractivity contribution in [2.45, 2.75) is 33.1 Å². The van der Waals surface area contributed by atoms with Gasteiger partial charge in [0.25, 0.3) is 0 Å². The van der Waals surface area contributed by atoms with Gasteiger partial charge >= 0.3 is 0 Å². The fourth-order valence-electron chi connectivity index (χ4n) is 2.64. The number of benzene rings is 1. The Kier molecular flexibility index (Phi) is 4.24. The van der Waals surface area contributed by atoms with Crippen molar-refractivity contribution >= 4 is 11.4 Å². The Bertz CT molecular complexity index is 424. The van der Waals surface area contributed by atoms with E-state index in [-0.39, 0.29) is 0 Å². The van der Waals surface area contributed by atoms with E-state index in [1.165, 1.54) is 18.5 Å². The van der Waals surface area contributed by atoms with E-state index in [9.17, 15) is 0 Å². The topological polar surface area (TPSA) is 35.8 Å². The van der Waals surface area contributed by atoms with Crippen molar-refractivity contribution in [3.8, 4) is 0 Å². The summed E-state index contributed by atoms with van der Waals surface area (Å²) in [5.41, 5.74) is 3.10. The third-order valence-corrected chi connectivity index (χ3v) is 3.93. The van der Waals surface area contributed by atoms with Gasteiger partial charge in [-0.3, -0.25) is 0 Å². The zero-order valence-corrected chi connectivity index (χ0v) is 11.3. The largest absolute Gasteiger partial charge is 0.411 e. The van der Waals surface area contributed by atoms with Crippen molar-refractivity contribution in [1.29, 1.82) is 0 Å². The predicted octanol–water partition coefficient (Wildman–Crippen LogP) is 3.51. The van der Waals surface area contributed by atoms with Crippen molar-refractivity contribution in [1.82, 2.24) is 0 Å². The van der Waals surface area contributed by atoms with Gasteiger partial charge in [0.15, 0.2) is 0 Å².